The van der Waals surface area contributed by atoms with Gasteiger partial charge in [0, 0.05) is 26.3 Å². The molecule has 7 nitrogen and oxygen atoms in total. The van der Waals surface area contributed by atoms with Crippen LogP contribution in [0.2, 0.25) is 0 Å². The molecule has 2 aromatic rings. The average Bonchev–Trinajstić information content (AvgIpc) is 3.08. The van der Waals surface area contributed by atoms with Gasteiger partial charge in [-0.05, 0) is 45.4 Å². The minimum Gasteiger partial charge on any atom is -0.462 e. The van der Waals surface area contributed by atoms with E-state index in [0.717, 1.165) is 22.8 Å². The Morgan fingerprint density at radius 1 is 1.34 bits per heavy atom. The molecule has 1 aromatic heterocycles. The summed E-state index contributed by atoms with van der Waals surface area (Å²) in [6.07, 6.45) is 0. The molecule has 0 aliphatic heterocycles. The maximum atomic E-state index is 12.0. The quantitative estimate of drug-likeness (QED) is 0.389. The second-order valence-electron chi connectivity index (χ2n) is 6.81. The van der Waals surface area contributed by atoms with Crippen molar-refractivity contribution >= 4 is 29.0 Å². The van der Waals surface area contributed by atoms with Crippen molar-refractivity contribution in [1.82, 2.24) is 15.6 Å². The molecule has 2 rings (SSSR count). The number of hydrogen-bond donors (Lipinski definition) is 2. The number of esters is 1. The second-order valence-corrected chi connectivity index (χ2v) is 7.84. The molecule has 8 heteroatoms. The Hall–Kier alpha value is -2.61. The number of benzene rings is 1. The number of ether oxygens (including phenoxy) is 1. The summed E-state index contributed by atoms with van der Waals surface area (Å²) in [7, 11) is 4.05. The van der Waals surface area contributed by atoms with Crippen LogP contribution in [-0.4, -0.2) is 44.2 Å². The third kappa shape index (κ3) is 6.45. The molecule has 1 heterocycles. The molecular formula is C21H31N5O2S. The zero-order valence-corrected chi connectivity index (χ0v) is 18.9. The van der Waals surface area contributed by atoms with E-state index in [1.54, 1.807) is 6.92 Å². The lowest BCUT2D eigenvalue weighted by Crippen LogP contribution is -2.38. The fraction of sp³-hybridized carbons (Fsp3) is 0.476. The molecule has 0 radical (unpaired) electrons. The number of nitrogens with zero attached hydrogens (tertiary/aromatic N) is 3. The van der Waals surface area contributed by atoms with E-state index in [1.165, 1.54) is 11.3 Å². The second kappa shape index (κ2) is 10.8. The number of aryl methyl sites for hydroxylation is 1. The first kappa shape index (κ1) is 22.7. The van der Waals surface area contributed by atoms with E-state index < -0.39 is 0 Å². The van der Waals surface area contributed by atoms with Crippen molar-refractivity contribution in [2.75, 3.05) is 32.1 Å². The molecule has 1 atom stereocenters. The highest BCUT2D eigenvalue weighted by molar-refractivity contribution is 7.13. The van der Waals surface area contributed by atoms with Gasteiger partial charge in [-0.3, -0.25) is 0 Å². The highest BCUT2D eigenvalue weighted by Crippen LogP contribution is 2.24. The monoisotopic (exact) mass is 417 g/mol. The topological polar surface area (TPSA) is 78.9 Å². The Balaban J connectivity index is 2.11. The molecule has 0 bridgehead atoms. The zero-order valence-electron chi connectivity index (χ0n) is 18.1. The molecule has 0 fully saturated rings. The molecule has 1 unspecified atom stereocenters. The fourth-order valence-corrected chi connectivity index (χ4v) is 3.64. The lowest BCUT2D eigenvalue weighted by molar-refractivity contribution is 0.0531. The predicted molar refractivity (Wildman–Crippen MR) is 120 cm³/mol. The number of aliphatic imine (C=N–C) groups is 1. The van der Waals surface area contributed by atoms with Gasteiger partial charge >= 0.3 is 5.97 Å². The summed E-state index contributed by atoms with van der Waals surface area (Å²) in [5.41, 5.74) is 2.98. The van der Waals surface area contributed by atoms with E-state index in [9.17, 15) is 4.79 Å². The van der Waals surface area contributed by atoms with E-state index in [-0.39, 0.29) is 12.0 Å². The zero-order chi connectivity index (χ0) is 21.4. The summed E-state index contributed by atoms with van der Waals surface area (Å²) in [5.74, 6) is 0.392. The van der Waals surface area contributed by atoms with Crippen LogP contribution in [0.3, 0.4) is 0 Å². The molecule has 29 heavy (non-hydrogen) atoms. The van der Waals surface area contributed by atoms with Crippen LogP contribution in [0.15, 0.2) is 29.3 Å². The summed E-state index contributed by atoms with van der Waals surface area (Å²) in [6.45, 7) is 9.33. The maximum Gasteiger partial charge on any atom is 0.350 e. The van der Waals surface area contributed by atoms with Crippen molar-refractivity contribution in [3.63, 3.8) is 0 Å². The van der Waals surface area contributed by atoms with Gasteiger partial charge in [0.15, 0.2) is 5.96 Å². The molecule has 1 aromatic carbocycles. The van der Waals surface area contributed by atoms with Crippen LogP contribution >= 0.6 is 11.3 Å². The maximum absolute atomic E-state index is 12.0. The van der Waals surface area contributed by atoms with E-state index in [0.29, 0.717) is 29.7 Å². The van der Waals surface area contributed by atoms with Crippen molar-refractivity contribution in [1.29, 1.82) is 0 Å². The number of hydrogen-bond acceptors (Lipinski definition) is 6. The van der Waals surface area contributed by atoms with Gasteiger partial charge in [0.25, 0.3) is 0 Å². The SMILES string of the molecule is CCNC(=NCc1cccc(N(C)C)c1)NC(C)c1nc(C)c(C(=O)OCC)s1. The molecule has 0 saturated carbocycles. The highest BCUT2D eigenvalue weighted by Gasteiger charge is 2.20. The number of rotatable bonds is 8. The van der Waals surface area contributed by atoms with Crippen LogP contribution in [0.4, 0.5) is 5.69 Å². The summed E-state index contributed by atoms with van der Waals surface area (Å²) >= 11 is 1.36. The first-order chi connectivity index (χ1) is 13.8. The predicted octanol–water partition coefficient (Wildman–Crippen LogP) is 3.51. The number of guanidine groups is 1. The van der Waals surface area contributed by atoms with E-state index in [1.807, 2.05) is 40.9 Å². The Morgan fingerprint density at radius 2 is 2.10 bits per heavy atom. The van der Waals surface area contributed by atoms with Crippen LogP contribution < -0.4 is 15.5 Å². The van der Waals surface area contributed by atoms with Gasteiger partial charge in [0.2, 0.25) is 0 Å². The lowest BCUT2D eigenvalue weighted by atomic mass is 10.2. The van der Waals surface area contributed by atoms with Gasteiger partial charge in [-0.1, -0.05) is 12.1 Å². The van der Waals surface area contributed by atoms with Gasteiger partial charge in [0.05, 0.1) is 24.9 Å². The molecule has 0 saturated heterocycles. The van der Waals surface area contributed by atoms with E-state index in [4.69, 9.17) is 9.73 Å². The fourth-order valence-electron chi connectivity index (χ4n) is 2.68. The minimum absolute atomic E-state index is 0.0900. The summed E-state index contributed by atoms with van der Waals surface area (Å²) in [4.78, 5) is 23.9. The largest absolute Gasteiger partial charge is 0.462 e. The number of aromatic nitrogens is 1. The Bertz CT molecular complexity index is 847. The molecular weight excluding hydrogens is 386 g/mol. The van der Waals surface area contributed by atoms with Gasteiger partial charge in [0.1, 0.15) is 9.88 Å². The normalized spacial score (nSPS) is 12.4. The average molecular weight is 418 g/mol. The molecule has 2 N–H and O–H groups in total. The number of nitrogens with one attached hydrogen (secondary N) is 2. The molecule has 0 spiro atoms. The van der Waals surface area contributed by atoms with Crippen molar-refractivity contribution in [3.8, 4) is 0 Å². The Labute approximate surface area is 177 Å². The molecule has 0 aliphatic rings. The number of carbonyl (C=O) groups excluding carboxylic acids is 1. The van der Waals surface area contributed by atoms with E-state index >= 15 is 0 Å². The third-order valence-corrected chi connectivity index (χ3v) is 5.51. The lowest BCUT2D eigenvalue weighted by Gasteiger charge is -2.16. The summed E-state index contributed by atoms with van der Waals surface area (Å²) in [6, 6.07) is 8.22. The third-order valence-electron chi connectivity index (χ3n) is 4.19. The molecule has 0 amide bonds. The standard InChI is InChI=1S/C21H31N5O2S/c1-7-22-21(23-13-16-10-9-11-17(12-16)26(5)6)25-15(4)19-24-14(3)18(29-19)20(27)28-8-2/h9-12,15H,7-8,13H2,1-6H3,(H2,22,23,25). The van der Waals surface area contributed by atoms with Crippen molar-refractivity contribution in [2.45, 2.75) is 40.3 Å². The number of thiazole rings is 1. The van der Waals surface area contributed by atoms with E-state index in [2.05, 4.69) is 38.7 Å². The van der Waals surface area contributed by atoms with Crippen molar-refractivity contribution < 1.29 is 9.53 Å². The Kier molecular flexibility index (Phi) is 8.45. The Morgan fingerprint density at radius 3 is 2.76 bits per heavy atom. The van der Waals surface area contributed by atoms with Gasteiger partial charge in [-0.15, -0.1) is 11.3 Å². The van der Waals surface area contributed by atoms with Gasteiger partial charge in [-0.2, -0.15) is 0 Å². The minimum atomic E-state index is -0.317. The van der Waals surface area contributed by atoms with Gasteiger partial charge in [-0.25, -0.2) is 14.8 Å². The summed E-state index contributed by atoms with van der Waals surface area (Å²) < 4.78 is 5.11. The molecule has 0 aliphatic carbocycles. The first-order valence-corrected chi connectivity index (χ1v) is 10.6. The highest BCUT2D eigenvalue weighted by atomic mass is 32.1. The van der Waals surface area contributed by atoms with Crippen LogP contribution in [0, 0.1) is 6.92 Å². The summed E-state index contributed by atoms with van der Waals surface area (Å²) in [5, 5.41) is 7.47. The van der Waals surface area contributed by atoms with Gasteiger partial charge < -0.3 is 20.3 Å². The first-order valence-electron chi connectivity index (χ1n) is 9.81. The smallest absolute Gasteiger partial charge is 0.350 e. The van der Waals surface area contributed by atoms with Crippen LogP contribution in [0.25, 0.3) is 0 Å². The number of carbonyl (C=O) groups is 1. The van der Waals surface area contributed by atoms with Crippen LogP contribution in [-0.2, 0) is 11.3 Å². The number of anilines is 1. The van der Waals surface area contributed by atoms with Crippen molar-refractivity contribution in [2.24, 2.45) is 4.99 Å². The van der Waals surface area contributed by atoms with Crippen LogP contribution in [0.1, 0.15) is 52.7 Å². The molecule has 158 valence electrons. The van der Waals surface area contributed by atoms with Crippen LogP contribution in [0.5, 0.6) is 0 Å². The van der Waals surface area contributed by atoms with Crippen molar-refractivity contribution in [3.05, 3.63) is 45.4 Å².